The second-order valence-electron chi connectivity index (χ2n) is 17.6. The van der Waals surface area contributed by atoms with Gasteiger partial charge in [0.2, 0.25) is 23.6 Å². The molecule has 0 bridgehead atoms. The van der Waals surface area contributed by atoms with Gasteiger partial charge >= 0.3 is 0 Å². The van der Waals surface area contributed by atoms with Crippen LogP contribution in [0.25, 0.3) is 0 Å². The molecule has 0 radical (unpaired) electrons. The maximum atomic E-state index is 14.2. The highest BCUT2D eigenvalue weighted by Gasteiger charge is 2.51. The summed E-state index contributed by atoms with van der Waals surface area (Å²) in [5.74, 6) is -0.886. The molecule has 4 amide bonds. The zero-order valence-electron chi connectivity index (χ0n) is 36.7. The maximum Gasteiger partial charge on any atom is 0.262 e. The summed E-state index contributed by atoms with van der Waals surface area (Å²) in [4.78, 5) is 71.3. The number of unbranched alkanes of at least 4 members (excludes halogenated alkanes) is 2. The lowest BCUT2D eigenvalue weighted by molar-refractivity contribution is -0.144. The van der Waals surface area contributed by atoms with E-state index in [0.717, 1.165) is 28.1 Å². The SMILES string of the molecule is CCCOc1ccc(C[C@@H]2NC(=O)[C@](C)(CC)NC(=O)[C@H](CCCCCC(=O)[C@H](C)O[Si](c3ccccc3)(c3ccccc3)C(C)(C)C)NC(=O)[C@H]3CCCN3C2=O)cc1. The fourth-order valence-electron chi connectivity index (χ4n) is 8.45. The van der Waals surface area contributed by atoms with Crippen molar-refractivity contribution >= 4 is 48.1 Å². The Morgan fingerprint density at radius 2 is 1.48 bits per heavy atom. The number of ketones is 1. The molecule has 5 rings (SSSR count). The second-order valence-corrected chi connectivity index (χ2v) is 21.9. The number of carbonyl (C=O) groups excluding carboxylic acids is 5. The van der Waals surface area contributed by atoms with E-state index >= 15 is 0 Å². The van der Waals surface area contributed by atoms with Crippen molar-refractivity contribution in [3.05, 3.63) is 90.5 Å². The predicted molar refractivity (Wildman–Crippen MR) is 238 cm³/mol. The third-order valence-corrected chi connectivity index (χ3v) is 17.3. The molecule has 3 aromatic rings. The largest absolute Gasteiger partial charge is 0.494 e. The molecule has 11 nitrogen and oxygen atoms in total. The highest BCUT2D eigenvalue weighted by Crippen LogP contribution is 2.38. The van der Waals surface area contributed by atoms with E-state index in [0.29, 0.717) is 58.1 Å². The summed E-state index contributed by atoms with van der Waals surface area (Å²) in [5, 5.41) is 10.8. The second kappa shape index (κ2) is 20.6. The van der Waals surface area contributed by atoms with Crippen LogP contribution in [0.1, 0.15) is 112 Å². The first-order chi connectivity index (χ1) is 28.6. The molecule has 12 heteroatoms. The van der Waals surface area contributed by atoms with Crippen molar-refractivity contribution in [1.29, 1.82) is 0 Å². The van der Waals surface area contributed by atoms with Crippen LogP contribution in [0.4, 0.5) is 0 Å². The minimum absolute atomic E-state index is 0.0204. The fraction of sp³-hybridized carbons (Fsp3) is 0.521. The van der Waals surface area contributed by atoms with Crippen LogP contribution < -0.4 is 31.1 Å². The van der Waals surface area contributed by atoms with Gasteiger partial charge in [0, 0.05) is 19.4 Å². The van der Waals surface area contributed by atoms with Crippen LogP contribution in [0.2, 0.25) is 5.04 Å². The van der Waals surface area contributed by atoms with Crippen LogP contribution in [0.5, 0.6) is 5.75 Å². The number of carbonyl (C=O) groups is 5. The molecule has 2 aliphatic rings. The number of hydrogen-bond acceptors (Lipinski definition) is 7. The number of rotatable bonds is 17. The fourth-order valence-corrected chi connectivity index (χ4v) is 13.1. The molecule has 0 aliphatic carbocycles. The van der Waals surface area contributed by atoms with Gasteiger partial charge in [0.05, 0.1) is 6.61 Å². The van der Waals surface area contributed by atoms with Gasteiger partial charge in [-0.15, -0.1) is 0 Å². The third kappa shape index (κ3) is 10.9. The number of benzene rings is 3. The molecular formula is C48H66N4O7Si. The van der Waals surface area contributed by atoms with Gasteiger partial charge in [0.1, 0.15) is 35.5 Å². The van der Waals surface area contributed by atoms with Crippen molar-refractivity contribution in [2.45, 2.75) is 147 Å². The standard InChI is InChI=1S/C48H66N4O7Si/c1-8-32-58-36-29-27-35(28-30-36)33-40-45(56)52-31-19-25-41(52)44(55)49-39(43(54)51-48(7,9-2)46(57)50-40)24-17-12-18-26-42(53)34(3)59-60(47(4,5)6,37-20-13-10-14-21-37)38-22-15-11-16-23-38/h10-11,13-16,20-23,27-30,34,39-41H,8-9,12,17-19,24-26,31-33H2,1-7H3,(H,49,55)(H,50,57)(H,51,54)/t34-,39-,40-,41+,48-/m0/s1. The minimum Gasteiger partial charge on any atom is -0.494 e. The van der Waals surface area contributed by atoms with E-state index < -0.39 is 49.9 Å². The normalized spacial score (nSPS) is 22.1. The molecule has 3 aromatic carbocycles. The molecule has 5 atom stereocenters. The van der Waals surface area contributed by atoms with Gasteiger partial charge in [-0.05, 0) is 85.5 Å². The topological polar surface area (TPSA) is 143 Å². The van der Waals surface area contributed by atoms with Gasteiger partial charge in [-0.25, -0.2) is 0 Å². The lowest BCUT2D eigenvalue weighted by Gasteiger charge is -2.44. The molecule has 60 heavy (non-hydrogen) atoms. The van der Waals surface area contributed by atoms with Crippen molar-refractivity contribution in [3.8, 4) is 5.75 Å². The highest BCUT2D eigenvalue weighted by atomic mass is 28.4. The van der Waals surface area contributed by atoms with Crippen LogP contribution in [-0.2, 0) is 34.8 Å². The number of amides is 4. The lowest BCUT2D eigenvalue weighted by atomic mass is 9.94. The summed E-state index contributed by atoms with van der Waals surface area (Å²) in [6.07, 6.45) is 4.22. The Morgan fingerprint density at radius 3 is 2.07 bits per heavy atom. The predicted octanol–water partition coefficient (Wildman–Crippen LogP) is 5.76. The Labute approximate surface area is 357 Å². The Bertz CT molecular complexity index is 1880. The maximum absolute atomic E-state index is 14.2. The number of Topliss-reactive ketones (excluding diaryl/α,β-unsaturated/α-hetero) is 1. The van der Waals surface area contributed by atoms with Crippen molar-refractivity contribution in [2.75, 3.05) is 13.2 Å². The lowest BCUT2D eigenvalue weighted by Crippen LogP contribution is -2.68. The summed E-state index contributed by atoms with van der Waals surface area (Å²) in [6, 6.07) is 25.3. The number of fused-ring (bicyclic) bond motifs is 1. The summed E-state index contributed by atoms with van der Waals surface area (Å²) < 4.78 is 12.8. The van der Waals surface area contributed by atoms with Gasteiger partial charge < -0.3 is 30.0 Å². The minimum atomic E-state index is -2.91. The van der Waals surface area contributed by atoms with Crippen molar-refractivity contribution in [1.82, 2.24) is 20.9 Å². The monoisotopic (exact) mass is 838 g/mol. The first-order valence-corrected chi connectivity index (χ1v) is 23.8. The van der Waals surface area contributed by atoms with Gasteiger partial charge in [-0.1, -0.05) is 120 Å². The third-order valence-electron chi connectivity index (χ3n) is 12.2. The van der Waals surface area contributed by atoms with E-state index in [-0.39, 0.29) is 35.5 Å². The molecule has 0 saturated carbocycles. The summed E-state index contributed by atoms with van der Waals surface area (Å²) in [7, 11) is -2.91. The van der Waals surface area contributed by atoms with Crippen molar-refractivity contribution < 1.29 is 33.1 Å². The van der Waals surface area contributed by atoms with Crippen LogP contribution in [-0.4, -0.2) is 85.5 Å². The van der Waals surface area contributed by atoms with Gasteiger partial charge in [0.25, 0.3) is 8.32 Å². The first kappa shape index (κ1) is 46.3. The average molecular weight is 839 g/mol. The summed E-state index contributed by atoms with van der Waals surface area (Å²) >= 11 is 0. The van der Waals surface area contributed by atoms with Crippen LogP contribution >= 0.6 is 0 Å². The van der Waals surface area contributed by atoms with Crippen molar-refractivity contribution in [3.63, 3.8) is 0 Å². The zero-order valence-corrected chi connectivity index (χ0v) is 37.7. The van der Waals surface area contributed by atoms with E-state index in [9.17, 15) is 24.0 Å². The quantitative estimate of drug-likeness (QED) is 0.116. The van der Waals surface area contributed by atoms with E-state index in [1.165, 1.54) is 0 Å². The van der Waals surface area contributed by atoms with E-state index in [2.05, 4.69) is 61.0 Å². The van der Waals surface area contributed by atoms with Crippen LogP contribution in [0, 0.1) is 0 Å². The summed E-state index contributed by atoms with van der Waals surface area (Å²) in [6.45, 7) is 14.9. The molecule has 3 N–H and O–H groups in total. The molecular weight excluding hydrogens is 773 g/mol. The van der Waals surface area contributed by atoms with Crippen molar-refractivity contribution in [2.24, 2.45) is 0 Å². The van der Waals surface area contributed by atoms with E-state index in [4.69, 9.17) is 9.16 Å². The Kier molecular flexibility index (Phi) is 15.9. The van der Waals surface area contributed by atoms with Crippen LogP contribution in [0.3, 0.4) is 0 Å². The van der Waals surface area contributed by atoms with Gasteiger partial charge in [-0.3, -0.25) is 24.0 Å². The molecule has 324 valence electrons. The molecule has 2 heterocycles. The Morgan fingerprint density at radius 1 is 0.850 bits per heavy atom. The number of ether oxygens (including phenoxy) is 1. The zero-order chi connectivity index (χ0) is 43.5. The number of hydrogen-bond donors (Lipinski definition) is 3. The molecule has 2 saturated heterocycles. The number of nitrogens with zero attached hydrogens (tertiary/aromatic N) is 1. The van der Waals surface area contributed by atoms with E-state index in [1.54, 1.807) is 18.7 Å². The smallest absolute Gasteiger partial charge is 0.262 e. The molecule has 2 fully saturated rings. The Balaban J connectivity index is 1.24. The average Bonchev–Trinajstić information content (AvgIpc) is 3.74. The number of nitrogens with one attached hydrogen (secondary N) is 3. The first-order valence-electron chi connectivity index (χ1n) is 21.9. The molecule has 0 unspecified atom stereocenters. The van der Waals surface area contributed by atoms with Gasteiger partial charge in [0.15, 0.2) is 5.78 Å². The molecule has 0 spiro atoms. The molecule has 0 aromatic heterocycles. The van der Waals surface area contributed by atoms with Gasteiger partial charge in [-0.2, -0.15) is 0 Å². The summed E-state index contributed by atoms with van der Waals surface area (Å²) in [5.41, 5.74) is -0.511. The molecule has 2 aliphatic heterocycles. The highest BCUT2D eigenvalue weighted by molar-refractivity contribution is 6.99. The van der Waals surface area contributed by atoms with Crippen LogP contribution in [0.15, 0.2) is 84.9 Å². The Hall–Kier alpha value is -4.81. The van der Waals surface area contributed by atoms with E-state index in [1.807, 2.05) is 74.5 Å².